The highest BCUT2D eigenvalue weighted by atomic mass is 79.9. The lowest BCUT2D eigenvalue weighted by molar-refractivity contribution is -0.143. The summed E-state index contributed by atoms with van der Waals surface area (Å²) in [6, 6.07) is 19.2. The first-order chi connectivity index (χ1) is 16.3. The number of halogens is 1. The fraction of sp³-hybridized carbons (Fsp3) is 0.357. The smallest absolute Gasteiger partial charge is 0.261 e. The van der Waals surface area contributed by atoms with Gasteiger partial charge < -0.3 is 15.0 Å². The third kappa shape index (κ3) is 6.38. The Bertz CT molecular complexity index is 1150. The summed E-state index contributed by atoms with van der Waals surface area (Å²) in [6.45, 7) is 8.80. The molecule has 6 heteroatoms. The van der Waals surface area contributed by atoms with Crippen LogP contribution in [0.1, 0.15) is 38.3 Å². The Morgan fingerprint density at radius 3 is 2.44 bits per heavy atom. The maximum absolute atomic E-state index is 13.5. The first kappa shape index (κ1) is 25.8. The highest BCUT2D eigenvalue weighted by Gasteiger charge is 2.29. The van der Waals surface area contributed by atoms with E-state index in [2.05, 4.69) is 21.2 Å². The normalized spacial score (nSPS) is 11.9. The van der Waals surface area contributed by atoms with Crippen LogP contribution in [-0.4, -0.2) is 35.9 Å². The van der Waals surface area contributed by atoms with Gasteiger partial charge in [-0.3, -0.25) is 9.59 Å². The number of nitrogens with one attached hydrogen (secondary N) is 1. The van der Waals surface area contributed by atoms with E-state index in [4.69, 9.17) is 4.74 Å². The lowest BCUT2D eigenvalue weighted by Gasteiger charge is -2.31. The number of rotatable bonds is 10. The average Bonchev–Trinajstić information content (AvgIpc) is 2.83. The minimum Gasteiger partial charge on any atom is -0.483 e. The second-order valence-corrected chi connectivity index (χ2v) is 9.69. The molecule has 0 spiro atoms. The number of aryl methyl sites for hydroxylation is 1. The van der Waals surface area contributed by atoms with Crippen molar-refractivity contribution in [2.24, 2.45) is 5.92 Å². The second kappa shape index (κ2) is 12.0. The van der Waals surface area contributed by atoms with Crippen LogP contribution in [0.25, 0.3) is 10.8 Å². The number of hydrogen-bond acceptors (Lipinski definition) is 3. The van der Waals surface area contributed by atoms with Crippen LogP contribution in [0.3, 0.4) is 0 Å². The molecular formula is C28H33BrN2O3. The molecular weight excluding hydrogens is 492 g/mol. The Hall–Kier alpha value is -2.86. The van der Waals surface area contributed by atoms with Crippen LogP contribution in [0.15, 0.2) is 65.1 Å². The van der Waals surface area contributed by atoms with E-state index in [1.165, 1.54) is 0 Å². The summed E-state index contributed by atoms with van der Waals surface area (Å²) < 4.78 is 6.77. The van der Waals surface area contributed by atoms with Gasteiger partial charge in [-0.1, -0.05) is 75.4 Å². The maximum atomic E-state index is 13.5. The predicted molar refractivity (Wildman–Crippen MR) is 141 cm³/mol. The number of carbonyl (C=O) groups is 2. The standard InChI is InChI=1S/C28H33BrN2O3/c1-5-24(28(33)30-16-19(2)3)31(17-22-12-7-6-10-20(22)4)26(32)18-34-25-15-14-21-11-8-9-13-23(21)27(25)29/h6-15,19,24H,5,16-18H2,1-4H3,(H,30,33)/t24-/m0/s1. The van der Waals surface area contributed by atoms with Crippen LogP contribution in [0, 0.1) is 12.8 Å². The van der Waals surface area contributed by atoms with Gasteiger partial charge in [0.05, 0.1) is 4.47 Å². The lowest BCUT2D eigenvalue weighted by atomic mass is 10.1. The van der Waals surface area contributed by atoms with E-state index in [1.54, 1.807) is 4.90 Å². The molecule has 0 unspecified atom stereocenters. The first-order valence-corrected chi connectivity index (χ1v) is 12.5. The minimum atomic E-state index is -0.575. The third-order valence-electron chi connectivity index (χ3n) is 5.85. The lowest BCUT2D eigenvalue weighted by Crippen LogP contribution is -2.50. The summed E-state index contributed by atoms with van der Waals surface area (Å²) in [5, 5.41) is 5.09. The Morgan fingerprint density at radius 1 is 1.03 bits per heavy atom. The quantitative estimate of drug-likeness (QED) is 0.360. The summed E-state index contributed by atoms with van der Waals surface area (Å²) in [4.78, 5) is 28.1. The molecule has 3 aromatic rings. The van der Waals surface area contributed by atoms with Crippen LogP contribution in [0.4, 0.5) is 0 Å². The second-order valence-electron chi connectivity index (χ2n) is 8.90. The molecule has 0 aliphatic carbocycles. The number of benzene rings is 3. The van der Waals surface area contributed by atoms with Crippen LogP contribution < -0.4 is 10.1 Å². The monoisotopic (exact) mass is 524 g/mol. The highest BCUT2D eigenvalue weighted by molar-refractivity contribution is 9.10. The number of ether oxygens (including phenoxy) is 1. The van der Waals surface area contributed by atoms with E-state index in [1.807, 2.05) is 88.4 Å². The molecule has 3 rings (SSSR count). The topological polar surface area (TPSA) is 58.6 Å². The molecule has 0 radical (unpaired) electrons. The molecule has 0 bridgehead atoms. The average molecular weight is 525 g/mol. The van der Waals surface area contributed by atoms with E-state index < -0.39 is 6.04 Å². The van der Waals surface area contributed by atoms with Gasteiger partial charge in [0.15, 0.2) is 6.61 Å². The zero-order valence-electron chi connectivity index (χ0n) is 20.3. The van der Waals surface area contributed by atoms with E-state index in [0.29, 0.717) is 31.2 Å². The van der Waals surface area contributed by atoms with Crippen molar-refractivity contribution in [3.8, 4) is 5.75 Å². The van der Waals surface area contributed by atoms with Crippen LogP contribution in [0.5, 0.6) is 5.75 Å². The van der Waals surface area contributed by atoms with Crippen molar-refractivity contribution in [1.82, 2.24) is 10.2 Å². The summed E-state index contributed by atoms with van der Waals surface area (Å²) in [5.41, 5.74) is 2.09. The molecule has 0 fully saturated rings. The zero-order chi connectivity index (χ0) is 24.7. The zero-order valence-corrected chi connectivity index (χ0v) is 21.9. The molecule has 180 valence electrons. The number of nitrogens with zero attached hydrogens (tertiary/aromatic N) is 1. The number of amides is 2. The van der Waals surface area contributed by atoms with Crippen LogP contribution in [-0.2, 0) is 16.1 Å². The van der Waals surface area contributed by atoms with Crippen molar-refractivity contribution >= 4 is 38.5 Å². The molecule has 0 saturated heterocycles. The molecule has 0 saturated carbocycles. The van der Waals surface area contributed by atoms with E-state index in [0.717, 1.165) is 26.4 Å². The van der Waals surface area contributed by atoms with Gasteiger partial charge in [0.1, 0.15) is 11.8 Å². The number of carbonyl (C=O) groups excluding carboxylic acids is 2. The third-order valence-corrected chi connectivity index (χ3v) is 6.67. The molecule has 2 amide bonds. The Labute approximate surface area is 210 Å². The molecule has 0 aliphatic heterocycles. The van der Waals surface area contributed by atoms with Crippen molar-refractivity contribution in [3.05, 3.63) is 76.3 Å². The number of hydrogen-bond donors (Lipinski definition) is 1. The molecule has 5 nitrogen and oxygen atoms in total. The van der Waals surface area contributed by atoms with Gasteiger partial charge in [-0.2, -0.15) is 0 Å². The molecule has 0 aliphatic rings. The van der Waals surface area contributed by atoms with Crippen molar-refractivity contribution in [1.29, 1.82) is 0 Å². The van der Waals surface area contributed by atoms with Crippen LogP contribution >= 0.6 is 15.9 Å². The van der Waals surface area contributed by atoms with Gasteiger partial charge in [0.25, 0.3) is 5.91 Å². The van der Waals surface area contributed by atoms with Crippen molar-refractivity contribution in [2.75, 3.05) is 13.2 Å². The van der Waals surface area contributed by atoms with Gasteiger partial charge >= 0.3 is 0 Å². The molecule has 1 N–H and O–H groups in total. The minimum absolute atomic E-state index is 0.134. The first-order valence-electron chi connectivity index (χ1n) is 11.7. The highest BCUT2D eigenvalue weighted by Crippen LogP contribution is 2.33. The van der Waals surface area contributed by atoms with Gasteiger partial charge in [-0.25, -0.2) is 0 Å². The van der Waals surface area contributed by atoms with Gasteiger partial charge in [-0.15, -0.1) is 0 Å². The largest absolute Gasteiger partial charge is 0.483 e. The summed E-state index contributed by atoms with van der Waals surface area (Å²) in [6.07, 6.45) is 0.515. The maximum Gasteiger partial charge on any atom is 0.261 e. The van der Waals surface area contributed by atoms with Crippen molar-refractivity contribution in [2.45, 2.75) is 46.7 Å². The SMILES string of the molecule is CC[C@@H](C(=O)NCC(C)C)N(Cc1ccccc1C)C(=O)COc1ccc2ccccc2c1Br. The Kier molecular flexibility index (Phi) is 9.11. The van der Waals surface area contributed by atoms with Crippen molar-refractivity contribution < 1.29 is 14.3 Å². The fourth-order valence-corrected chi connectivity index (χ4v) is 4.47. The van der Waals surface area contributed by atoms with E-state index >= 15 is 0 Å². The Balaban J connectivity index is 1.82. The van der Waals surface area contributed by atoms with E-state index in [-0.39, 0.29) is 18.4 Å². The summed E-state index contributed by atoms with van der Waals surface area (Å²) in [5.74, 6) is 0.565. The van der Waals surface area contributed by atoms with Crippen LogP contribution in [0.2, 0.25) is 0 Å². The van der Waals surface area contributed by atoms with Gasteiger partial charge in [-0.05, 0) is 63.2 Å². The molecule has 0 heterocycles. The fourth-order valence-electron chi connectivity index (χ4n) is 3.86. The predicted octanol–water partition coefficient (Wildman–Crippen LogP) is 5.87. The van der Waals surface area contributed by atoms with Gasteiger partial charge in [0, 0.05) is 13.1 Å². The Morgan fingerprint density at radius 2 is 1.74 bits per heavy atom. The van der Waals surface area contributed by atoms with E-state index in [9.17, 15) is 9.59 Å². The van der Waals surface area contributed by atoms with Gasteiger partial charge in [0.2, 0.25) is 5.91 Å². The molecule has 3 aromatic carbocycles. The summed E-state index contributed by atoms with van der Waals surface area (Å²) in [7, 11) is 0. The molecule has 34 heavy (non-hydrogen) atoms. The molecule has 0 aromatic heterocycles. The van der Waals surface area contributed by atoms with Crippen molar-refractivity contribution in [3.63, 3.8) is 0 Å². The molecule has 1 atom stereocenters. The summed E-state index contributed by atoms with van der Waals surface area (Å²) >= 11 is 3.62. The number of fused-ring (bicyclic) bond motifs is 1.